The van der Waals surface area contributed by atoms with Crippen molar-refractivity contribution < 1.29 is 42.4 Å². The molecule has 2 aliphatic carbocycles. The van der Waals surface area contributed by atoms with Crippen LogP contribution in [0, 0.1) is 17.2 Å². The number of benzene rings is 3. The van der Waals surface area contributed by atoms with E-state index in [2.05, 4.69) is 89.1 Å². The van der Waals surface area contributed by atoms with Gasteiger partial charge >= 0.3 is 0 Å². The first-order chi connectivity index (χ1) is 38.2. The maximum absolute atomic E-state index is 15.3. The van der Waals surface area contributed by atoms with Gasteiger partial charge in [-0.2, -0.15) is 0 Å². The second-order valence-electron chi connectivity index (χ2n) is 22.2. The molecule has 79 heavy (non-hydrogen) atoms. The van der Waals surface area contributed by atoms with Gasteiger partial charge in [0, 0.05) is 43.0 Å². The maximum atomic E-state index is 15.3. The van der Waals surface area contributed by atoms with E-state index in [-0.39, 0.29) is 29.1 Å². The molecule has 7 rings (SSSR count). The summed E-state index contributed by atoms with van der Waals surface area (Å²) >= 11 is 0. The number of ether oxygens (including phenoxy) is 6. The molecule has 2 aliphatic rings. The second-order valence-corrected chi connectivity index (χ2v) is 22.2. The van der Waals surface area contributed by atoms with Gasteiger partial charge in [0.25, 0.3) is 5.91 Å². The smallest absolute Gasteiger partial charge is 0.251 e. The SMILES string of the molecule is CC(=O)Nc1c(F)cc(C(=O)NC2CCC(OCc3cn(CCOCCOCCOCCOCCN(C)CCCNc4nc(CN(C)C5CCC(C(C)(C)C)CC5)nc5ccccc45)nn3)CC2)cc1O[C@@H](C)c1ccccc1. The van der Waals surface area contributed by atoms with Crippen LogP contribution in [0.3, 0.4) is 0 Å². The van der Waals surface area contributed by atoms with E-state index in [9.17, 15) is 9.59 Å². The fraction of sp³-hybridized carbons (Fsp3) is 0.600. The molecule has 2 aromatic heterocycles. The summed E-state index contributed by atoms with van der Waals surface area (Å²) in [4.78, 5) is 39.9. The Morgan fingerprint density at radius 3 is 2.18 bits per heavy atom. The molecule has 432 valence electrons. The summed E-state index contributed by atoms with van der Waals surface area (Å²) in [5, 5.41) is 18.7. The Hall–Kier alpha value is -5.67. The number of rotatable bonds is 32. The Balaban J connectivity index is 0.666. The highest BCUT2D eigenvalue weighted by molar-refractivity contribution is 5.97. The fourth-order valence-electron chi connectivity index (χ4n) is 10.3. The van der Waals surface area contributed by atoms with Crippen molar-refractivity contribution in [2.24, 2.45) is 11.3 Å². The van der Waals surface area contributed by atoms with E-state index in [4.69, 9.17) is 38.4 Å². The summed E-state index contributed by atoms with van der Waals surface area (Å²) in [6, 6.07) is 20.8. The van der Waals surface area contributed by atoms with Crippen molar-refractivity contribution in [1.29, 1.82) is 0 Å². The summed E-state index contributed by atoms with van der Waals surface area (Å²) in [7, 11) is 4.35. The molecule has 18 nitrogen and oxygen atoms in total. The zero-order valence-electron chi connectivity index (χ0n) is 47.9. The first-order valence-corrected chi connectivity index (χ1v) is 28.5. The van der Waals surface area contributed by atoms with E-state index in [1.54, 1.807) is 4.68 Å². The van der Waals surface area contributed by atoms with Gasteiger partial charge in [0.2, 0.25) is 5.91 Å². The lowest BCUT2D eigenvalue weighted by molar-refractivity contribution is -0.114. The lowest BCUT2D eigenvalue weighted by Crippen LogP contribution is -2.39. The van der Waals surface area contributed by atoms with Gasteiger partial charge < -0.3 is 49.3 Å². The third-order valence-electron chi connectivity index (χ3n) is 15.0. The van der Waals surface area contributed by atoms with Crippen LogP contribution in [-0.4, -0.2) is 151 Å². The zero-order chi connectivity index (χ0) is 56.0. The number of para-hydroxylation sites is 1. The number of carbonyl (C=O) groups excluding carboxylic acids is 2. The third kappa shape index (κ3) is 20.1. The molecular formula is C60H87FN10O8. The Morgan fingerprint density at radius 1 is 0.810 bits per heavy atom. The number of nitrogens with zero attached hydrogens (tertiary/aromatic N) is 7. The van der Waals surface area contributed by atoms with Crippen LogP contribution < -0.4 is 20.7 Å². The molecule has 2 heterocycles. The largest absolute Gasteiger partial charge is 0.484 e. The van der Waals surface area contributed by atoms with Crippen molar-refractivity contribution in [2.45, 2.75) is 136 Å². The van der Waals surface area contributed by atoms with Crippen LogP contribution in [0.25, 0.3) is 10.9 Å². The minimum atomic E-state index is -0.752. The number of anilines is 2. The number of likely N-dealkylation sites (N-methyl/N-ethyl adjacent to an activating group) is 1. The fourth-order valence-corrected chi connectivity index (χ4v) is 10.3. The van der Waals surface area contributed by atoms with Crippen LogP contribution in [0.15, 0.2) is 72.9 Å². The van der Waals surface area contributed by atoms with Crippen molar-refractivity contribution in [1.82, 2.24) is 40.1 Å². The van der Waals surface area contributed by atoms with Crippen molar-refractivity contribution in [3.8, 4) is 5.75 Å². The van der Waals surface area contributed by atoms with E-state index in [0.29, 0.717) is 90.3 Å². The molecule has 1 atom stereocenters. The molecule has 0 spiro atoms. The number of hydrogen-bond acceptors (Lipinski definition) is 15. The molecule has 0 saturated heterocycles. The monoisotopic (exact) mass is 1090 g/mol. The van der Waals surface area contributed by atoms with Crippen molar-refractivity contribution >= 4 is 34.2 Å². The average Bonchev–Trinajstić information content (AvgIpc) is 3.93. The zero-order valence-corrected chi connectivity index (χ0v) is 47.9. The number of nitrogens with one attached hydrogen (secondary N) is 3. The van der Waals surface area contributed by atoms with Crippen molar-refractivity contribution in [3.63, 3.8) is 0 Å². The molecule has 0 bridgehead atoms. The van der Waals surface area contributed by atoms with Crippen LogP contribution in [0.5, 0.6) is 5.75 Å². The van der Waals surface area contributed by atoms with Gasteiger partial charge in [-0.05, 0) is 127 Å². The number of aromatic nitrogens is 5. The Bertz CT molecular complexity index is 2620. The van der Waals surface area contributed by atoms with Crippen LogP contribution >= 0.6 is 0 Å². The first-order valence-electron chi connectivity index (χ1n) is 28.5. The molecule has 5 aromatic rings. The minimum absolute atomic E-state index is 0.0109. The van der Waals surface area contributed by atoms with E-state index in [1.807, 2.05) is 49.5 Å². The Morgan fingerprint density at radius 2 is 1.48 bits per heavy atom. The first kappa shape index (κ1) is 61.0. The number of amides is 2. The van der Waals surface area contributed by atoms with Crippen LogP contribution in [-0.2, 0) is 48.2 Å². The predicted octanol–water partition coefficient (Wildman–Crippen LogP) is 9.25. The molecular weight excluding hydrogens is 1010 g/mol. The average molecular weight is 1100 g/mol. The second kappa shape index (κ2) is 31.4. The summed E-state index contributed by atoms with van der Waals surface area (Å²) < 4.78 is 52.2. The quantitative estimate of drug-likeness (QED) is 0.0346. The summed E-state index contributed by atoms with van der Waals surface area (Å²) in [6.07, 6.45) is 10.3. The number of hydrogen-bond donors (Lipinski definition) is 3. The molecule has 2 amide bonds. The Labute approximate surface area is 467 Å². The van der Waals surface area contributed by atoms with Crippen LogP contribution in [0.2, 0.25) is 0 Å². The molecule has 2 saturated carbocycles. The highest BCUT2D eigenvalue weighted by Gasteiger charge is 2.32. The van der Waals surface area contributed by atoms with Gasteiger partial charge in [0.15, 0.2) is 5.82 Å². The van der Waals surface area contributed by atoms with E-state index in [0.717, 1.165) is 91.2 Å². The van der Waals surface area contributed by atoms with Gasteiger partial charge in [-0.1, -0.05) is 68.4 Å². The third-order valence-corrected chi connectivity index (χ3v) is 15.0. The summed E-state index contributed by atoms with van der Waals surface area (Å²) in [6.45, 7) is 18.5. The standard InChI is InChI=1S/C60H87FN10O8/c1-43(45-14-9-8-10-15-45)79-55-39-46(38-53(61)57(55)63-44(2)72)59(73)64-48-20-24-51(25-21-48)78-42-49-40-71(68-67-49)29-31-75-33-35-77-37-36-76-34-32-74-30-28-69(6)27-13-26-62-58-52-16-11-12-17-54(52)65-56(66-58)41-70(7)50-22-18-47(19-23-50)60(3,4)5/h8-12,14-17,38-40,43,47-48,50-51H,13,18-37,41-42H2,1-7H3,(H,63,72)(H,64,73)(H,62,65,66)/t43-,47?,48?,50?,51?/m0/s1. The molecule has 0 aliphatic heterocycles. The predicted molar refractivity (Wildman–Crippen MR) is 305 cm³/mol. The van der Waals surface area contributed by atoms with Gasteiger partial charge in [-0.25, -0.2) is 19.0 Å². The number of halogens is 1. The molecule has 0 unspecified atom stereocenters. The van der Waals surface area contributed by atoms with Gasteiger partial charge in [0.05, 0.1) is 90.4 Å². The summed E-state index contributed by atoms with van der Waals surface area (Å²) in [5.41, 5.74) is 2.97. The molecule has 19 heteroatoms. The molecule has 3 N–H and O–H groups in total. The van der Waals surface area contributed by atoms with Crippen LogP contribution in [0.1, 0.15) is 126 Å². The lowest BCUT2D eigenvalue weighted by atomic mass is 9.71. The van der Waals surface area contributed by atoms with Gasteiger partial charge in [-0.15, -0.1) is 5.10 Å². The van der Waals surface area contributed by atoms with Crippen molar-refractivity contribution in [2.75, 3.05) is 97.2 Å². The molecule has 0 radical (unpaired) electrons. The van der Waals surface area contributed by atoms with Gasteiger partial charge in [0.1, 0.15) is 34.9 Å². The number of fused-ring (bicyclic) bond motifs is 1. The van der Waals surface area contributed by atoms with E-state index < -0.39 is 23.7 Å². The number of carbonyl (C=O) groups is 2. The van der Waals surface area contributed by atoms with E-state index >= 15 is 4.39 Å². The Kier molecular flexibility index (Phi) is 24.2. The molecule has 3 aromatic carbocycles. The lowest BCUT2D eigenvalue weighted by Gasteiger charge is -2.39. The maximum Gasteiger partial charge on any atom is 0.251 e. The highest BCUT2D eigenvalue weighted by Crippen LogP contribution is 2.39. The molecule has 2 fully saturated rings. The summed E-state index contributed by atoms with van der Waals surface area (Å²) in [5.74, 6) is 1.05. The van der Waals surface area contributed by atoms with Gasteiger partial charge in [-0.3, -0.25) is 14.5 Å². The van der Waals surface area contributed by atoms with Crippen molar-refractivity contribution in [3.05, 3.63) is 101 Å². The topological polar surface area (TPSA) is 189 Å². The normalized spacial score (nSPS) is 18.3. The van der Waals surface area contributed by atoms with Crippen LogP contribution in [0.4, 0.5) is 15.9 Å². The highest BCUT2D eigenvalue weighted by atomic mass is 19.1. The minimum Gasteiger partial charge on any atom is -0.484 e. The van der Waals surface area contributed by atoms with E-state index in [1.165, 1.54) is 38.7 Å².